The molecule has 0 aliphatic carbocycles. The molecule has 0 aliphatic heterocycles. The Morgan fingerprint density at radius 1 is 1.14 bits per heavy atom. The zero-order valence-electron chi connectivity index (χ0n) is 14.1. The van der Waals surface area contributed by atoms with E-state index in [9.17, 15) is 9.59 Å². The summed E-state index contributed by atoms with van der Waals surface area (Å²) < 4.78 is 0. The van der Waals surface area contributed by atoms with Crippen LogP contribution in [0.2, 0.25) is 0 Å². The van der Waals surface area contributed by atoms with Crippen LogP contribution in [0.1, 0.15) is 40.2 Å². The van der Waals surface area contributed by atoms with E-state index in [-0.39, 0.29) is 24.0 Å². The molecule has 5 nitrogen and oxygen atoms in total. The molecule has 0 aliphatic rings. The number of amides is 3. The summed E-state index contributed by atoms with van der Waals surface area (Å²) in [5.41, 5.74) is 0.773. The van der Waals surface area contributed by atoms with Gasteiger partial charge in [-0.1, -0.05) is 30.3 Å². The highest BCUT2D eigenvalue weighted by Crippen LogP contribution is 2.07. The maximum Gasteiger partial charge on any atom is 0.321 e. The van der Waals surface area contributed by atoms with Crippen molar-refractivity contribution in [1.82, 2.24) is 15.5 Å². The van der Waals surface area contributed by atoms with Gasteiger partial charge < -0.3 is 5.32 Å². The third-order valence-electron chi connectivity index (χ3n) is 3.05. The molecular weight excluding hydrogens is 278 g/mol. The fourth-order valence-corrected chi connectivity index (χ4v) is 1.96. The van der Waals surface area contributed by atoms with Crippen molar-refractivity contribution in [2.75, 3.05) is 6.54 Å². The lowest BCUT2D eigenvalue weighted by atomic mass is 10.1. The van der Waals surface area contributed by atoms with Gasteiger partial charge >= 0.3 is 6.03 Å². The molecule has 3 amide bonds. The number of hydrogen-bond donors (Lipinski definition) is 2. The molecule has 0 saturated heterocycles. The van der Waals surface area contributed by atoms with Crippen molar-refractivity contribution < 1.29 is 9.59 Å². The number of imide groups is 1. The maximum absolute atomic E-state index is 12.0. The largest absolute Gasteiger partial charge is 0.333 e. The first-order valence-electron chi connectivity index (χ1n) is 7.57. The molecule has 0 fully saturated rings. The summed E-state index contributed by atoms with van der Waals surface area (Å²) in [7, 11) is 0. The van der Waals surface area contributed by atoms with E-state index in [4.69, 9.17) is 0 Å². The number of hydrogen-bond acceptors (Lipinski definition) is 3. The Kier molecular flexibility index (Phi) is 6.56. The zero-order chi connectivity index (χ0) is 16.8. The molecule has 22 heavy (non-hydrogen) atoms. The standard InChI is InChI=1S/C17H27N3O2/c1-13(2)20(11-14-9-7-6-8-10-14)12-15(21)18-16(22)19-17(3,4)5/h6-10,13H,11-12H2,1-5H3,(H2,18,19,21,22). The molecule has 1 rings (SSSR count). The topological polar surface area (TPSA) is 61.4 Å². The van der Waals surface area contributed by atoms with E-state index in [2.05, 4.69) is 10.6 Å². The van der Waals surface area contributed by atoms with Gasteiger partial charge in [0.1, 0.15) is 0 Å². The van der Waals surface area contributed by atoms with Crippen LogP contribution in [-0.4, -0.2) is 35.0 Å². The first-order chi connectivity index (χ1) is 10.2. The third-order valence-corrected chi connectivity index (χ3v) is 3.05. The van der Waals surface area contributed by atoms with E-state index in [0.29, 0.717) is 6.54 Å². The number of benzene rings is 1. The second-order valence-electron chi connectivity index (χ2n) is 6.74. The minimum Gasteiger partial charge on any atom is -0.333 e. The zero-order valence-corrected chi connectivity index (χ0v) is 14.1. The molecule has 0 heterocycles. The van der Waals surface area contributed by atoms with Gasteiger partial charge in [-0.05, 0) is 40.2 Å². The molecule has 122 valence electrons. The number of carbonyl (C=O) groups is 2. The van der Waals surface area contributed by atoms with Crippen LogP contribution >= 0.6 is 0 Å². The van der Waals surface area contributed by atoms with Gasteiger partial charge in [0.05, 0.1) is 6.54 Å². The van der Waals surface area contributed by atoms with E-state index in [1.807, 2.05) is 69.9 Å². The lowest BCUT2D eigenvalue weighted by Gasteiger charge is -2.26. The van der Waals surface area contributed by atoms with Crippen LogP contribution in [0.5, 0.6) is 0 Å². The van der Waals surface area contributed by atoms with Crippen molar-refractivity contribution in [3.05, 3.63) is 35.9 Å². The summed E-state index contributed by atoms with van der Waals surface area (Å²) in [6.45, 7) is 10.5. The van der Waals surface area contributed by atoms with Crippen molar-refractivity contribution in [1.29, 1.82) is 0 Å². The normalized spacial score (nSPS) is 11.6. The number of urea groups is 1. The second-order valence-corrected chi connectivity index (χ2v) is 6.74. The number of nitrogens with zero attached hydrogens (tertiary/aromatic N) is 1. The maximum atomic E-state index is 12.0. The monoisotopic (exact) mass is 305 g/mol. The first-order valence-corrected chi connectivity index (χ1v) is 7.57. The van der Waals surface area contributed by atoms with E-state index >= 15 is 0 Å². The van der Waals surface area contributed by atoms with Crippen molar-refractivity contribution in [3.63, 3.8) is 0 Å². The highest BCUT2D eigenvalue weighted by Gasteiger charge is 2.19. The summed E-state index contributed by atoms with van der Waals surface area (Å²) in [5.74, 6) is -0.300. The Morgan fingerprint density at radius 2 is 1.73 bits per heavy atom. The molecule has 1 aromatic carbocycles. The Hall–Kier alpha value is -1.88. The molecule has 2 N–H and O–H groups in total. The van der Waals surface area contributed by atoms with Crippen LogP contribution in [0.25, 0.3) is 0 Å². The van der Waals surface area contributed by atoms with Gasteiger partial charge in [-0.2, -0.15) is 0 Å². The Bertz CT molecular complexity index is 492. The lowest BCUT2D eigenvalue weighted by Crippen LogP contribution is -2.50. The summed E-state index contributed by atoms with van der Waals surface area (Å²) in [5, 5.41) is 5.09. The van der Waals surface area contributed by atoms with Crippen molar-refractivity contribution in [3.8, 4) is 0 Å². The Morgan fingerprint density at radius 3 is 2.23 bits per heavy atom. The molecule has 0 spiro atoms. The van der Waals surface area contributed by atoms with Gasteiger partial charge in [-0.3, -0.25) is 15.0 Å². The van der Waals surface area contributed by atoms with Crippen molar-refractivity contribution in [2.24, 2.45) is 0 Å². The first kappa shape index (κ1) is 18.2. The van der Waals surface area contributed by atoms with Crippen LogP contribution in [0.3, 0.4) is 0 Å². The fourth-order valence-electron chi connectivity index (χ4n) is 1.96. The van der Waals surface area contributed by atoms with Crippen LogP contribution in [0, 0.1) is 0 Å². The Labute approximate surface area is 133 Å². The van der Waals surface area contributed by atoms with Gasteiger partial charge in [-0.25, -0.2) is 4.79 Å². The highest BCUT2D eigenvalue weighted by atomic mass is 16.2. The summed E-state index contributed by atoms with van der Waals surface area (Å²) in [6, 6.07) is 9.72. The minimum absolute atomic E-state index is 0.185. The molecule has 0 aromatic heterocycles. The highest BCUT2D eigenvalue weighted by molar-refractivity contribution is 5.95. The molecule has 1 aromatic rings. The van der Waals surface area contributed by atoms with Crippen LogP contribution in [-0.2, 0) is 11.3 Å². The average Bonchev–Trinajstić information content (AvgIpc) is 2.36. The summed E-state index contributed by atoms with van der Waals surface area (Å²) in [6.07, 6.45) is 0. The number of carbonyl (C=O) groups excluding carboxylic acids is 2. The SMILES string of the molecule is CC(C)N(CC(=O)NC(=O)NC(C)(C)C)Cc1ccccc1. The van der Waals surface area contributed by atoms with Gasteiger partial charge in [-0.15, -0.1) is 0 Å². The van der Waals surface area contributed by atoms with E-state index in [1.54, 1.807) is 0 Å². The average molecular weight is 305 g/mol. The summed E-state index contributed by atoms with van der Waals surface area (Å²) in [4.78, 5) is 25.8. The van der Waals surface area contributed by atoms with Crippen LogP contribution in [0.15, 0.2) is 30.3 Å². The molecule has 0 radical (unpaired) electrons. The predicted molar refractivity (Wildman–Crippen MR) is 88.4 cm³/mol. The quantitative estimate of drug-likeness (QED) is 0.878. The van der Waals surface area contributed by atoms with Gasteiger partial charge in [0.2, 0.25) is 5.91 Å². The lowest BCUT2D eigenvalue weighted by molar-refractivity contribution is -0.121. The molecule has 0 bridgehead atoms. The van der Waals surface area contributed by atoms with E-state index in [0.717, 1.165) is 5.56 Å². The van der Waals surface area contributed by atoms with Crippen LogP contribution in [0.4, 0.5) is 4.79 Å². The van der Waals surface area contributed by atoms with Crippen molar-refractivity contribution >= 4 is 11.9 Å². The smallest absolute Gasteiger partial charge is 0.321 e. The van der Waals surface area contributed by atoms with E-state index < -0.39 is 6.03 Å². The fraction of sp³-hybridized carbons (Fsp3) is 0.529. The van der Waals surface area contributed by atoms with Gasteiger partial charge in [0, 0.05) is 18.1 Å². The molecule has 0 unspecified atom stereocenters. The number of rotatable bonds is 5. The molecule has 0 saturated carbocycles. The summed E-state index contributed by atoms with van der Waals surface area (Å²) >= 11 is 0. The third kappa shape index (κ3) is 7.22. The van der Waals surface area contributed by atoms with Gasteiger partial charge in [0.15, 0.2) is 0 Å². The Balaban J connectivity index is 2.56. The second kappa shape index (κ2) is 7.94. The van der Waals surface area contributed by atoms with E-state index in [1.165, 1.54) is 0 Å². The molecule has 5 heteroatoms. The number of nitrogens with one attached hydrogen (secondary N) is 2. The van der Waals surface area contributed by atoms with Crippen LogP contribution < -0.4 is 10.6 Å². The predicted octanol–water partition coefficient (Wildman–Crippen LogP) is 2.52. The molecular formula is C17H27N3O2. The van der Waals surface area contributed by atoms with Gasteiger partial charge in [0.25, 0.3) is 0 Å². The van der Waals surface area contributed by atoms with Crippen molar-refractivity contribution in [2.45, 2.75) is 52.7 Å². The minimum atomic E-state index is -0.457. The molecule has 0 atom stereocenters.